The molecule has 0 radical (unpaired) electrons. The van der Waals surface area contributed by atoms with Crippen LogP contribution in [0.3, 0.4) is 0 Å². The van der Waals surface area contributed by atoms with E-state index in [-0.39, 0.29) is 17.5 Å². The van der Waals surface area contributed by atoms with Crippen molar-refractivity contribution >= 4 is 29.1 Å². The maximum absolute atomic E-state index is 12.1. The number of hydrogen-bond donors (Lipinski definition) is 2. The Morgan fingerprint density at radius 1 is 1.50 bits per heavy atom. The first-order valence-electron chi connectivity index (χ1n) is 6.60. The number of carbonyl (C=O) groups is 1. The largest absolute Gasteiger partial charge is 0.382 e. The van der Waals surface area contributed by atoms with E-state index in [0.717, 1.165) is 0 Å². The van der Waals surface area contributed by atoms with Crippen LogP contribution >= 0.6 is 23.2 Å². The number of carbonyl (C=O) groups excluding carboxylic acids is 1. The molecule has 1 amide bonds. The Labute approximate surface area is 138 Å². The molecule has 2 N–H and O–H groups in total. The summed E-state index contributed by atoms with van der Waals surface area (Å²) in [5, 5.41) is 18.5. The summed E-state index contributed by atoms with van der Waals surface area (Å²) in [6.07, 6.45) is 2.82. The zero-order chi connectivity index (χ0) is 16.3. The monoisotopic (exact) mass is 342 g/mol. The Hall–Kier alpha value is -1.63. The Balaban J connectivity index is 2.50. The second-order valence-corrected chi connectivity index (χ2v) is 5.82. The van der Waals surface area contributed by atoms with Crippen LogP contribution in [0.1, 0.15) is 12.5 Å². The molecule has 8 heteroatoms. The summed E-state index contributed by atoms with van der Waals surface area (Å²) in [6, 6.07) is 4.76. The zero-order valence-corrected chi connectivity index (χ0v) is 13.6. The van der Waals surface area contributed by atoms with Crippen LogP contribution in [-0.2, 0) is 16.9 Å². The van der Waals surface area contributed by atoms with Crippen molar-refractivity contribution < 1.29 is 9.90 Å². The van der Waals surface area contributed by atoms with Gasteiger partial charge in [-0.25, -0.2) is 9.67 Å². The molecule has 22 heavy (non-hydrogen) atoms. The molecule has 0 saturated heterocycles. The molecule has 1 heterocycles. The van der Waals surface area contributed by atoms with Crippen LogP contribution in [-0.4, -0.2) is 32.8 Å². The molecule has 0 fully saturated rings. The van der Waals surface area contributed by atoms with Gasteiger partial charge >= 0.3 is 0 Å². The summed E-state index contributed by atoms with van der Waals surface area (Å²) in [5.41, 5.74) is -1.15. The third-order valence-electron chi connectivity index (χ3n) is 3.62. The number of benzene rings is 1. The van der Waals surface area contributed by atoms with Crippen molar-refractivity contribution in [2.45, 2.75) is 19.1 Å². The third kappa shape index (κ3) is 3.24. The second kappa shape index (κ2) is 6.64. The molecule has 0 bridgehead atoms. The van der Waals surface area contributed by atoms with E-state index in [1.54, 1.807) is 19.1 Å². The molecule has 2 atom stereocenters. The lowest BCUT2D eigenvalue weighted by atomic mass is 9.81. The van der Waals surface area contributed by atoms with Crippen LogP contribution < -0.4 is 5.32 Å². The Bertz CT molecular complexity index is 663. The average molecular weight is 343 g/mol. The lowest BCUT2D eigenvalue weighted by Gasteiger charge is -2.34. The highest BCUT2D eigenvalue weighted by Crippen LogP contribution is 2.37. The van der Waals surface area contributed by atoms with E-state index < -0.39 is 11.5 Å². The number of aromatic nitrogens is 3. The van der Waals surface area contributed by atoms with E-state index in [1.807, 2.05) is 0 Å². The Morgan fingerprint density at radius 2 is 2.23 bits per heavy atom. The Morgan fingerprint density at radius 3 is 2.77 bits per heavy atom. The van der Waals surface area contributed by atoms with Gasteiger partial charge in [-0.3, -0.25) is 4.79 Å². The van der Waals surface area contributed by atoms with Gasteiger partial charge in [-0.15, -0.1) is 0 Å². The van der Waals surface area contributed by atoms with E-state index >= 15 is 0 Å². The van der Waals surface area contributed by atoms with Crippen molar-refractivity contribution in [1.82, 2.24) is 20.1 Å². The van der Waals surface area contributed by atoms with Crippen molar-refractivity contribution in [2.24, 2.45) is 5.92 Å². The van der Waals surface area contributed by atoms with Crippen molar-refractivity contribution in [3.63, 3.8) is 0 Å². The highest BCUT2D eigenvalue weighted by Gasteiger charge is 2.41. The third-order valence-corrected chi connectivity index (χ3v) is 4.17. The second-order valence-electron chi connectivity index (χ2n) is 4.98. The Kier molecular flexibility index (Phi) is 5.05. The molecule has 1 aromatic carbocycles. The summed E-state index contributed by atoms with van der Waals surface area (Å²) in [7, 11) is 1.51. The maximum atomic E-state index is 12.1. The van der Waals surface area contributed by atoms with Gasteiger partial charge in [0.25, 0.3) is 0 Å². The van der Waals surface area contributed by atoms with Gasteiger partial charge in [0.1, 0.15) is 18.3 Å². The number of nitrogens with one attached hydrogen (secondary N) is 1. The van der Waals surface area contributed by atoms with Crippen molar-refractivity contribution in [3.05, 3.63) is 46.5 Å². The van der Waals surface area contributed by atoms with Crippen LogP contribution in [0.5, 0.6) is 0 Å². The fourth-order valence-corrected chi connectivity index (χ4v) is 2.86. The minimum atomic E-state index is -1.56. The van der Waals surface area contributed by atoms with Gasteiger partial charge in [-0.2, -0.15) is 5.10 Å². The highest BCUT2D eigenvalue weighted by molar-refractivity contribution is 6.35. The molecule has 118 valence electrons. The number of halogens is 2. The van der Waals surface area contributed by atoms with E-state index in [0.29, 0.717) is 10.6 Å². The highest BCUT2D eigenvalue weighted by atomic mass is 35.5. The quantitative estimate of drug-likeness (QED) is 0.868. The van der Waals surface area contributed by atoms with Crippen molar-refractivity contribution in [3.8, 4) is 0 Å². The minimum absolute atomic E-state index is 0.0307. The molecular formula is C14H16Cl2N4O2. The fourth-order valence-electron chi connectivity index (χ4n) is 2.29. The summed E-state index contributed by atoms with van der Waals surface area (Å²) < 4.78 is 1.45. The summed E-state index contributed by atoms with van der Waals surface area (Å²) in [6.45, 7) is 1.66. The summed E-state index contributed by atoms with van der Waals surface area (Å²) in [4.78, 5) is 15.9. The molecule has 0 aliphatic heterocycles. The van der Waals surface area contributed by atoms with E-state index in [4.69, 9.17) is 23.2 Å². The molecule has 0 unspecified atom stereocenters. The van der Waals surface area contributed by atoms with Gasteiger partial charge in [0, 0.05) is 22.7 Å². The molecule has 0 aliphatic carbocycles. The van der Waals surface area contributed by atoms with Crippen LogP contribution in [0.4, 0.5) is 0 Å². The standard InChI is InChI=1S/C14H16Cl2N4O2/c1-9(13(21)17-2)14(22,6-20-8-18-7-19-20)11-4-3-10(15)5-12(11)16/h3-5,7-9,22H,6H2,1-2H3,(H,17,21)/t9-,14+/m0/s1. The SMILES string of the molecule is CNC(=O)[C@H](C)[C@](O)(Cn1cncn1)c1ccc(Cl)cc1Cl. The van der Waals surface area contributed by atoms with Crippen LogP contribution in [0.2, 0.25) is 10.0 Å². The van der Waals surface area contributed by atoms with Gasteiger partial charge < -0.3 is 10.4 Å². The molecule has 1 aromatic heterocycles. The van der Waals surface area contributed by atoms with Gasteiger partial charge in [-0.05, 0) is 12.1 Å². The first kappa shape index (κ1) is 16.7. The fraction of sp³-hybridized carbons (Fsp3) is 0.357. The van der Waals surface area contributed by atoms with E-state index in [9.17, 15) is 9.90 Å². The van der Waals surface area contributed by atoms with Crippen LogP contribution in [0.15, 0.2) is 30.9 Å². The topological polar surface area (TPSA) is 80.0 Å². The van der Waals surface area contributed by atoms with Crippen LogP contribution in [0.25, 0.3) is 0 Å². The lowest BCUT2D eigenvalue weighted by Crippen LogP contribution is -2.45. The van der Waals surface area contributed by atoms with Crippen LogP contribution in [0, 0.1) is 5.92 Å². The first-order chi connectivity index (χ1) is 10.4. The number of nitrogens with zero attached hydrogens (tertiary/aromatic N) is 3. The maximum Gasteiger partial charge on any atom is 0.225 e. The number of rotatable bonds is 5. The van der Waals surface area contributed by atoms with E-state index in [1.165, 1.54) is 30.5 Å². The van der Waals surface area contributed by atoms with Gasteiger partial charge in [0.05, 0.1) is 12.5 Å². The predicted molar refractivity (Wildman–Crippen MR) is 83.6 cm³/mol. The van der Waals surface area contributed by atoms with Crippen molar-refractivity contribution in [1.29, 1.82) is 0 Å². The summed E-state index contributed by atoms with van der Waals surface area (Å²) >= 11 is 12.1. The predicted octanol–water partition coefficient (Wildman–Crippen LogP) is 1.85. The van der Waals surface area contributed by atoms with Gasteiger partial charge in [-0.1, -0.05) is 36.2 Å². The molecule has 0 aliphatic rings. The average Bonchev–Trinajstić information content (AvgIpc) is 2.98. The number of amides is 1. The lowest BCUT2D eigenvalue weighted by molar-refractivity contribution is -0.135. The first-order valence-corrected chi connectivity index (χ1v) is 7.36. The minimum Gasteiger partial charge on any atom is -0.382 e. The molecule has 2 aromatic rings. The number of hydrogen-bond acceptors (Lipinski definition) is 4. The van der Waals surface area contributed by atoms with Gasteiger partial charge in [0.15, 0.2) is 0 Å². The van der Waals surface area contributed by atoms with Gasteiger partial charge in [0.2, 0.25) is 5.91 Å². The summed E-state index contributed by atoms with van der Waals surface area (Å²) in [5.74, 6) is -1.07. The molecule has 0 spiro atoms. The number of aliphatic hydroxyl groups is 1. The van der Waals surface area contributed by atoms with Crippen molar-refractivity contribution in [2.75, 3.05) is 7.05 Å². The van der Waals surface area contributed by atoms with E-state index in [2.05, 4.69) is 15.4 Å². The smallest absolute Gasteiger partial charge is 0.225 e. The molecule has 2 rings (SSSR count). The molecular weight excluding hydrogens is 327 g/mol. The molecule has 0 saturated carbocycles. The molecule has 6 nitrogen and oxygen atoms in total. The normalized spacial score (nSPS) is 15.1. The zero-order valence-electron chi connectivity index (χ0n) is 12.1.